The van der Waals surface area contributed by atoms with Crippen molar-refractivity contribution in [3.8, 4) is 0 Å². The molecular formula is C19H29N3O2. The summed E-state index contributed by atoms with van der Waals surface area (Å²) in [6.45, 7) is 7.74. The van der Waals surface area contributed by atoms with Crippen molar-refractivity contribution in [2.45, 2.75) is 46.0 Å². The van der Waals surface area contributed by atoms with Gasteiger partial charge in [0.05, 0.1) is 0 Å². The van der Waals surface area contributed by atoms with Gasteiger partial charge in [0.2, 0.25) is 0 Å². The lowest BCUT2D eigenvalue weighted by Gasteiger charge is -2.47. The van der Waals surface area contributed by atoms with E-state index in [9.17, 15) is 9.59 Å². The summed E-state index contributed by atoms with van der Waals surface area (Å²) >= 11 is 0. The molecule has 0 bridgehead atoms. The summed E-state index contributed by atoms with van der Waals surface area (Å²) in [5.74, 6) is -0.0972. The molecule has 2 aliphatic rings. The summed E-state index contributed by atoms with van der Waals surface area (Å²) < 4.78 is 0. The first-order chi connectivity index (χ1) is 11.4. The van der Waals surface area contributed by atoms with Crippen LogP contribution in [0.3, 0.4) is 0 Å². The van der Waals surface area contributed by atoms with Crippen LogP contribution in [-0.2, 0) is 6.42 Å². The maximum Gasteiger partial charge on any atom is 0.261 e. The molecule has 0 aromatic carbocycles. The predicted octanol–water partition coefficient (Wildman–Crippen LogP) is 2.19. The normalized spacial score (nSPS) is 21.2. The van der Waals surface area contributed by atoms with Crippen molar-refractivity contribution in [3.63, 3.8) is 0 Å². The van der Waals surface area contributed by atoms with Gasteiger partial charge in [0.15, 0.2) is 0 Å². The molecule has 24 heavy (non-hydrogen) atoms. The van der Waals surface area contributed by atoms with Crippen LogP contribution >= 0.6 is 0 Å². The molecule has 1 spiro atoms. The second-order valence-corrected chi connectivity index (χ2v) is 7.66. The number of aryl methyl sites for hydroxylation is 2. The van der Waals surface area contributed by atoms with E-state index >= 15 is 0 Å². The highest BCUT2D eigenvalue weighted by Gasteiger charge is 2.39. The molecule has 3 rings (SSSR count). The van der Waals surface area contributed by atoms with Gasteiger partial charge in [0.25, 0.3) is 11.5 Å². The van der Waals surface area contributed by atoms with Crippen LogP contribution in [0.25, 0.3) is 0 Å². The first-order valence-electron chi connectivity index (χ1n) is 9.15. The zero-order valence-corrected chi connectivity index (χ0v) is 15.2. The number of H-pyrrole nitrogens is 1. The molecule has 5 heteroatoms. The average Bonchev–Trinajstić information content (AvgIpc) is 2.59. The minimum atomic E-state index is -0.245. The molecule has 0 aliphatic carbocycles. The van der Waals surface area contributed by atoms with E-state index in [0.29, 0.717) is 5.56 Å². The van der Waals surface area contributed by atoms with Crippen LogP contribution < -0.4 is 5.56 Å². The fourth-order valence-electron chi connectivity index (χ4n) is 4.25. The van der Waals surface area contributed by atoms with Crippen LogP contribution in [0.15, 0.2) is 10.9 Å². The third-order valence-corrected chi connectivity index (χ3v) is 5.93. The summed E-state index contributed by atoms with van der Waals surface area (Å²) in [6.07, 6.45) is 5.32. The Kier molecular flexibility index (Phi) is 4.81. The summed E-state index contributed by atoms with van der Waals surface area (Å²) in [7, 11) is 2.16. The van der Waals surface area contributed by atoms with Crippen molar-refractivity contribution in [1.29, 1.82) is 0 Å². The summed E-state index contributed by atoms with van der Waals surface area (Å²) in [4.78, 5) is 32.5. The van der Waals surface area contributed by atoms with Crippen molar-refractivity contribution in [3.05, 3.63) is 33.2 Å². The molecule has 0 unspecified atom stereocenters. The van der Waals surface area contributed by atoms with Crippen LogP contribution in [0.1, 0.15) is 54.2 Å². The maximum atomic E-state index is 13.0. The number of carbonyl (C=O) groups excluding carboxylic acids is 1. The average molecular weight is 331 g/mol. The first kappa shape index (κ1) is 17.2. The third-order valence-electron chi connectivity index (χ3n) is 5.93. The molecule has 132 valence electrons. The van der Waals surface area contributed by atoms with Crippen LogP contribution in [0.4, 0.5) is 0 Å². The second-order valence-electron chi connectivity index (χ2n) is 7.66. The smallest absolute Gasteiger partial charge is 0.261 e. The van der Waals surface area contributed by atoms with Gasteiger partial charge in [-0.3, -0.25) is 9.59 Å². The minimum absolute atomic E-state index is 0.0972. The number of likely N-dealkylation sites (tertiary alicyclic amines) is 2. The molecule has 0 radical (unpaired) electrons. The van der Waals surface area contributed by atoms with Gasteiger partial charge in [-0.25, -0.2) is 0 Å². The number of amides is 1. The Balaban J connectivity index is 1.80. The van der Waals surface area contributed by atoms with Crippen LogP contribution in [0.5, 0.6) is 0 Å². The first-order valence-corrected chi connectivity index (χ1v) is 9.15. The third kappa shape index (κ3) is 3.27. The molecule has 0 atom stereocenters. The number of hydrogen-bond donors (Lipinski definition) is 1. The van der Waals surface area contributed by atoms with Gasteiger partial charge < -0.3 is 14.8 Å². The molecule has 3 heterocycles. The van der Waals surface area contributed by atoms with Crippen LogP contribution in [0, 0.1) is 12.3 Å². The standard InChI is InChI=1S/C19H29N3O2/c1-4-16-14(2)12-15(17(23)20-16)18(24)22-9-5-6-19(13-22)7-10-21(3)11-8-19/h12H,4-11,13H2,1-3H3,(H,20,23). The van der Waals surface area contributed by atoms with E-state index in [0.717, 1.165) is 63.1 Å². The minimum Gasteiger partial charge on any atom is -0.338 e. The second kappa shape index (κ2) is 6.71. The highest BCUT2D eigenvalue weighted by atomic mass is 16.2. The number of aromatic nitrogens is 1. The lowest BCUT2D eigenvalue weighted by atomic mass is 9.72. The summed E-state index contributed by atoms with van der Waals surface area (Å²) in [5.41, 5.74) is 2.22. The highest BCUT2D eigenvalue weighted by molar-refractivity contribution is 5.94. The number of pyridine rings is 1. The van der Waals surface area contributed by atoms with Gasteiger partial charge >= 0.3 is 0 Å². The molecule has 1 N–H and O–H groups in total. The quantitative estimate of drug-likeness (QED) is 0.904. The monoisotopic (exact) mass is 331 g/mol. The lowest BCUT2D eigenvalue weighted by Crippen LogP contribution is -2.51. The molecule has 1 amide bonds. The highest BCUT2D eigenvalue weighted by Crippen LogP contribution is 2.39. The van der Waals surface area contributed by atoms with E-state index < -0.39 is 0 Å². The fourth-order valence-corrected chi connectivity index (χ4v) is 4.25. The van der Waals surface area contributed by atoms with E-state index in [-0.39, 0.29) is 16.9 Å². The van der Waals surface area contributed by atoms with Crippen molar-refractivity contribution in [2.24, 2.45) is 5.41 Å². The zero-order chi connectivity index (χ0) is 17.3. The largest absolute Gasteiger partial charge is 0.338 e. The van der Waals surface area contributed by atoms with E-state index in [2.05, 4.69) is 16.9 Å². The van der Waals surface area contributed by atoms with Gasteiger partial charge in [-0.2, -0.15) is 0 Å². The van der Waals surface area contributed by atoms with Crippen LogP contribution in [-0.4, -0.2) is 53.9 Å². The fraction of sp³-hybridized carbons (Fsp3) is 0.684. The SMILES string of the molecule is CCc1[nH]c(=O)c(C(=O)N2CCCC3(CCN(C)CC3)C2)cc1C. The Morgan fingerprint density at radius 2 is 1.96 bits per heavy atom. The van der Waals surface area contributed by atoms with Gasteiger partial charge in [-0.15, -0.1) is 0 Å². The van der Waals surface area contributed by atoms with Gasteiger partial charge in [-0.05, 0) is 76.2 Å². The van der Waals surface area contributed by atoms with E-state index in [1.807, 2.05) is 18.7 Å². The number of nitrogens with zero attached hydrogens (tertiary/aromatic N) is 2. The number of rotatable bonds is 2. The molecule has 0 saturated carbocycles. The lowest BCUT2D eigenvalue weighted by molar-refractivity contribution is 0.0260. The number of piperidine rings is 2. The maximum absolute atomic E-state index is 13.0. The van der Waals surface area contributed by atoms with Crippen molar-refractivity contribution < 1.29 is 4.79 Å². The van der Waals surface area contributed by atoms with Gasteiger partial charge in [-0.1, -0.05) is 6.92 Å². The summed E-state index contributed by atoms with van der Waals surface area (Å²) in [5, 5.41) is 0. The Bertz CT molecular complexity index is 672. The van der Waals surface area contributed by atoms with Crippen molar-refractivity contribution in [2.75, 3.05) is 33.2 Å². The van der Waals surface area contributed by atoms with Crippen LogP contribution in [0.2, 0.25) is 0 Å². The molecular weight excluding hydrogens is 302 g/mol. The molecule has 1 aromatic heterocycles. The van der Waals surface area contributed by atoms with E-state index in [1.54, 1.807) is 6.07 Å². The van der Waals surface area contributed by atoms with E-state index in [1.165, 1.54) is 6.42 Å². The number of aromatic amines is 1. The molecule has 2 saturated heterocycles. The van der Waals surface area contributed by atoms with Gasteiger partial charge in [0.1, 0.15) is 5.56 Å². The predicted molar refractivity (Wildman–Crippen MR) is 95.5 cm³/mol. The van der Waals surface area contributed by atoms with E-state index in [4.69, 9.17) is 0 Å². The number of nitrogens with one attached hydrogen (secondary N) is 1. The molecule has 2 fully saturated rings. The Hall–Kier alpha value is -1.62. The Morgan fingerprint density at radius 3 is 2.62 bits per heavy atom. The molecule has 1 aromatic rings. The number of hydrogen-bond acceptors (Lipinski definition) is 3. The summed E-state index contributed by atoms with van der Waals surface area (Å²) in [6, 6.07) is 1.77. The number of carbonyl (C=O) groups is 1. The molecule has 5 nitrogen and oxygen atoms in total. The Morgan fingerprint density at radius 1 is 1.25 bits per heavy atom. The topological polar surface area (TPSA) is 56.4 Å². The molecule has 2 aliphatic heterocycles. The van der Waals surface area contributed by atoms with Crippen molar-refractivity contribution in [1.82, 2.24) is 14.8 Å². The van der Waals surface area contributed by atoms with Crippen molar-refractivity contribution >= 4 is 5.91 Å². The zero-order valence-electron chi connectivity index (χ0n) is 15.2. The Labute approximate surface area is 144 Å². The van der Waals surface area contributed by atoms with Gasteiger partial charge in [0, 0.05) is 18.8 Å².